The molecule has 1 nitrogen and oxygen atoms in total. The molecular weight excluding hydrogens is 316 g/mol. The van der Waals surface area contributed by atoms with Gasteiger partial charge in [0.15, 0.2) is 0 Å². The van der Waals surface area contributed by atoms with Crippen molar-refractivity contribution in [2.75, 3.05) is 0 Å². The van der Waals surface area contributed by atoms with Gasteiger partial charge in [0.05, 0.1) is 0 Å². The second kappa shape index (κ2) is 4.31. The first kappa shape index (κ1) is 18.1. The van der Waals surface area contributed by atoms with Crippen LogP contribution in [0.15, 0.2) is 0 Å². The summed E-state index contributed by atoms with van der Waals surface area (Å²) in [6.45, 7) is 0. The minimum absolute atomic E-state index is 5.57. The molecule has 1 radical (unpaired) electrons. The van der Waals surface area contributed by atoms with E-state index in [2.05, 4.69) is 0 Å². The summed E-state index contributed by atoms with van der Waals surface area (Å²) in [5.41, 5.74) is 0. The van der Waals surface area contributed by atoms with E-state index in [0.29, 0.717) is 0 Å². The molecule has 0 aromatic rings. The first-order valence-electron chi connectivity index (χ1n) is 3.82. The summed E-state index contributed by atoms with van der Waals surface area (Å²) in [5, 5.41) is 9.39. The highest BCUT2D eigenvalue weighted by atomic mass is 19.4. The van der Waals surface area contributed by atoms with Crippen LogP contribution in [-0.4, -0.2) is 36.2 Å². The normalized spacial score (nSPS) is 16.1. The highest BCUT2D eigenvalue weighted by Gasteiger charge is 2.88. The summed E-state index contributed by atoms with van der Waals surface area (Å²) in [6.07, 6.45) is -12.7. The Hall–Kier alpha value is -0.880. The van der Waals surface area contributed by atoms with Gasteiger partial charge in [0.25, 0.3) is 0 Å². The Morgan fingerprint density at radius 2 is 0.895 bits per heavy atom. The lowest BCUT2D eigenvalue weighted by atomic mass is 9.98. The van der Waals surface area contributed by atoms with Crippen molar-refractivity contribution in [3.05, 3.63) is 0 Å². The van der Waals surface area contributed by atoms with Crippen LogP contribution in [0.25, 0.3) is 0 Å². The molecule has 0 spiro atoms. The molecule has 0 unspecified atom stereocenters. The van der Waals surface area contributed by atoms with Crippen molar-refractivity contribution in [2.24, 2.45) is 0 Å². The van der Waals surface area contributed by atoms with Crippen LogP contribution in [0.5, 0.6) is 0 Å². The van der Waals surface area contributed by atoms with Gasteiger partial charge >= 0.3 is 36.2 Å². The maximum Gasteiger partial charge on any atom is 0.452 e. The summed E-state index contributed by atoms with van der Waals surface area (Å²) in [7, 11) is 0. The largest absolute Gasteiger partial charge is 0.452 e. The highest BCUT2D eigenvalue weighted by Crippen LogP contribution is 2.57. The third kappa shape index (κ3) is 2.31. The third-order valence-electron chi connectivity index (χ3n) is 1.85. The van der Waals surface area contributed by atoms with Crippen molar-refractivity contribution >= 4 is 0 Å². The number of alkyl halides is 12. The first-order valence-corrected chi connectivity index (χ1v) is 3.82. The molecule has 0 aromatic carbocycles. The molecule has 0 fully saturated rings. The van der Waals surface area contributed by atoms with Crippen LogP contribution in [0.1, 0.15) is 0 Å². The second-order valence-electron chi connectivity index (χ2n) is 3.16. The van der Waals surface area contributed by atoms with Gasteiger partial charge < -0.3 is 0 Å². The Balaban J connectivity index is 5.92. The first-order chi connectivity index (χ1) is 7.94. The van der Waals surface area contributed by atoms with Gasteiger partial charge in [0, 0.05) is 0 Å². The second-order valence-corrected chi connectivity index (χ2v) is 3.16. The Morgan fingerprint density at radius 3 is 1.11 bits per heavy atom. The van der Waals surface area contributed by atoms with E-state index >= 15 is 0 Å². The van der Waals surface area contributed by atoms with E-state index in [1.165, 1.54) is 0 Å². The van der Waals surface area contributed by atoms with Gasteiger partial charge in [-0.05, 0) is 0 Å². The molecule has 0 aromatic heterocycles. The minimum Gasteiger partial charge on any atom is -0.203 e. The molecule has 0 aliphatic rings. The van der Waals surface area contributed by atoms with Gasteiger partial charge in [-0.25, -0.2) is 8.78 Å². The van der Waals surface area contributed by atoms with Gasteiger partial charge in [-0.15, -0.1) is 0 Å². The van der Waals surface area contributed by atoms with Crippen LogP contribution in [0.2, 0.25) is 0 Å². The maximum atomic E-state index is 12.3. The average molecular weight is 317 g/mol. The monoisotopic (exact) mass is 317 g/mol. The summed E-state index contributed by atoms with van der Waals surface area (Å²) in [5.74, 6) is -29.9. The van der Waals surface area contributed by atoms with Crippen LogP contribution in [0.4, 0.5) is 52.7 Å². The van der Waals surface area contributed by atoms with Gasteiger partial charge in [0.2, 0.25) is 0 Å². The van der Waals surface area contributed by atoms with E-state index in [0.717, 1.165) is 0 Å². The van der Waals surface area contributed by atoms with E-state index in [4.69, 9.17) is 0 Å². The van der Waals surface area contributed by atoms with Crippen molar-refractivity contribution < 1.29 is 57.8 Å². The molecule has 115 valence electrons. The third-order valence-corrected chi connectivity index (χ3v) is 1.85. The predicted molar refractivity (Wildman–Crippen MR) is 31.4 cm³/mol. The van der Waals surface area contributed by atoms with Crippen molar-refractivity contribution in [2.45, 2.75) is 36.2 Å². The summed E-state index contributed by atoms with van der Waals surface area (Å²) in [4.78, 5) is 0. The Bertz CT molecular complexity index is 328. The van der Waals surface area contributed by atoms with Crippen LogP contribution in [0, 0.1) is 0 Å². The molecule has 0 aliphatic heterocycles. The highest BCUT2D eigenvalue weighted by molar-refractivity contribution is 5.06. The van der Waals surface area contributed by atoms with Crippen LogP contribution >= 0.6 is 0 Å². The molecule has 0 aliphatic carbocycles. The lowest BCUT2D eigenvalue weighted by molar-refractivity contribution is -0.454. The zero-order valence-corrected chi connectivity index (χ0v) is 8.02. The van der Waals surface area contributed by atoms with Gasteiger partial charge in [-0.3, -0.25) is 0 Å². The maximum absolute atomic E-state index is 12.3. The lowest BCUT2D eigenvalue weighted by Gasteiger charge is -2.36. The van der Waals surface area contributed by atoms with Crippen LogP contribution in [0.3, 0.4) is 0 Å². The number of halogens is 12. The van der Waals surface area contributed by atoms with Gasteiger partial charge in [-0.1, -0.05) is 0 Å². The molecular formula is C6HF12O. The molecule has 13 heteroatoms. The van der Waals surface area contributed by atoms with Gasteiger partial charge in [-0.2, -0.15) is 49.0 Å². The van der Waals surface area contributed by atoms with E-state index in [1.807, 2.05) is 0 Å². The van der Waals surface area contributed by atoms with Crippen molar-refractivity contribution in [1.82, 2.24) is 0 Å². The fraction of sp³-hybridized carbons (Fsp3) is 1.00. The van der Waals surface area contributed by atoms with Crippen LogP contribution in [-0.2, 0) is 5.11 Å². The molecule has 0 amide bonds. The Labute approximate surface area is 95.3 Å². The van der Waals surface area contributed by atoms with E-state index < -0.39 is 36.2 Å². The van der Waals surface area contributed by atoms with E-state index in [9.17, 15) is 57.8 Å². The number of rotatable bonds is 5. The fourth-order valence-corrected chi connectivity index (χ4v) is 0.726. The number of hydrogen-bond donors (Lipinski definition) is 0. The van der Waals surface area contributed by atoms with E-state index in [1.54, 1.807) is 0 Å². The minimum atomic E-state index is -7.72. The Kier molecular flexibility index (Phi) is 4.11. The molecule has 0 N–H and O–H groups in total. The van der Waals surface area contributed by atoms with Gasteiger partial charge in [0.1, 0.15) is 0 Å². The molecule has 0 atom stereocenters. The average Bonchev–Trinajstić information content (AvgIpc) is 2.14. The molecule has 0 saturated heterocycles. The lowest BCUT2D eigenvalue weighted by Crippen LogP contribution is -2.68. The fourth-order valence-electron chi connectivity index (χ4n) is 0.726. The Morgan fingerprint density at radius 1 is 0.579 bits per heavy atom. The summed E-state index contributed by atoms with van der Waals surface area (Å²) < 4.78 is 144. The smallest absolute Gasteiger partial charge is 0.203 e. The quantitative estimate of drug-likeness (QED) is 0.687. The molecule has 19 heavy (non-hydrogen) atoms. The van der Waals surface area contributed by atoms with Crippen LogP contribution < -0.4 is 0 Å². The zero-order valence-electron chi connectivity index (χ0n) is 8.02. The van der Waals surface area contributed by atoms with Crippen molar-refractivity contribution in [1.29, 1.82) is 0 Å². The van der Waals surface area contributed by atoms with Crippen molar-refractivity contribution in [3.8, 4) is 0 Å². The number of hydrogen-bond acceptors (Lipinski definition) is 0. The predicted octanol–water partition coefficient (Wildman–Crippen LogP) is 3.82. The topological polar surface area (TPSA) is 19.9 Å². The molecule has 0 bridgehead atoms. The van der Waals surface area contributed by atoms with Crippen molar-refractivity contribution in [3.63, 3.8) is 0 Å². The van der Waals surface area contributed by atoms with E-state index in [-0.39, 0.29) is 0 Å². The summed E-state index contributed by atoms with van der Waals surface area (Å²) >= 11 is 0. The SMILES string of the molecule is [O]C(F)(F)C(F)(F)C(F)(F)C(F)(F)C(F)(F)C(F)F. The molecule has 0 rings (SSSR count). The molecule has 0 saturated carbocycles. The summed E-state index contributed by atoms with van der Waals surface area (Å²) in [6, 6.07) is 0. The molecule has 0 heterocycles. The standard InChI is InChI=1S/C6HF12O/c7-1(8)2(9,10)3(11,12)4(13,14)5(15,16)6(17,18)19/h1H. The zero-order chi connectivity index (χ0) is 16.1.